The SMILES string of the molecule is CCOC(=O)C(=C(C)C)P(=O)(O)O. The molecule has 0 saturated heterocycles. The van der Waals surface area contributed by atoms with Crippen LogP contribution in [0.4, 0.5) is 0 Å². The van der Waals surface area contributed by atoms with Crippen LogP contribution in [0.1, 0.15) is 20.8 Å². The largest absolute Gasteiger partial charge is 0.462 e. The maximum atomic E-state index is 11.1. The van der Waals surface area contributed by atoms with Crippen molar-refractivity contribution in [2.75, 3.05) is 6.61 Å². The molecule has 0 aliphatic carbocycles. The number of carbonyl (C=O) groups excluding carboxylic acids is 1. The zero-order valence-electron chi connectivity index (χ0n) is 7.77. The quantitative estimate of drug-likeness (QED) is 0.411. The van der Waals surface area contributed by atoms with Crippen LogP contribution in [-0.2, 0) is 14.1 Å². The third kappa shape index (κ3) is 3.72. The van der Waals surface area contributed by atoms with Crippen LogP contribution in [0.25, 0.3) is 0 Å². The molecule has 0 aromatic rings. The highest BCUT2D eigenvalue weighted by molar-refractivity contribution is 7.58. The first-order chi connectivity index (χ1) is 5.80. The van der Waals surface area contributed by atoms with Gasteiger partial charge in [-0.05, 0) is 20.8 Å². The molecule has 0 rings (SSSR count). The van der Waals surface area contributed by atoms with E-state index in [0.29, 0.717) is 0 Å². The second-order valence-electron chi connectivity index (χ2n) is 2.61. The average Bonchev–Trinajstić information content (AvgIpc) is 1.82. The van der Waals surface area contributed by atoms with Gasteiger partial charge >= 0.3 is 13.6 Å². The molecule has 0 fully saturated rings. The molecule has 0 aromatic carbocycles. The minimum absolute atomic E-state index is 0.0929. The second kappa shape index (κ2) is 4.56. The molecule has 0 unspecified atom stereocenters. The fraction of sp³-hybridized carbons (Fsp3) is 0.571. The lowest BCUT2D eigenvalue weighted by Crippen LogP contribution is -2.09. The second-order valence-corrected chi connectivity index (χ2v) is 4.15. The van der Waals surface area contributed by atoms with Gasteiger partial charge in [0.15, 0.2) is 0 Å². The first-order valence-corrected chi connectivity index (χ1v) is 5.32. The fourth-order valence-electron chi connectivity index (χ4n) is 0.814. The summed E-state index contributed by atoms with van der Waals surface area (Å²) in [5.41, 5.74) is 0.270. The number of allylic oxidation sites excluding steroid dienone is 1. The lowest BCUT2D eigenvalue weighted by atomic mass is 10.3. The third-order valence-electron chi connectivity index (χ3n) is 1.23. The van der Waals surface area contributed by atoms with Crippen molar-refractivity contribution in [1.82, 2.24) is 0 Å². The van der Waals surface area contributed by atoms with E-state index in [0.717, 1.165) is 0 Å². The molecular formula is C7H13O5P. The topological polar surface area (TPSA) is 83.8 Å². The highest BCUT2D eigenvalue weighted by Gasteiger charge is 2.30. The molecule has 76 valence electrons. The summed E-state index contributed by atoms with van der Waals surface area (Å²) in [5.74, 6) is -0.948. The summed E-state index contributed by atoms with van der Waals surface area (Å²) < 4.78 is 15.3. The monoisotopic (exact) mass is 208 g/mol. The molecule has 5 nitrogen and oxygen atoms in total. The molecular weight excluding hydrogens is 195 g/mol. The maximum Gasteiger partial charge on any atom is 0.363 e. The molecule has 0 bridgehead atoms. The number of rotatable bonds is 3. The number of esters is 1. The first kappa shape index (κ1) is 12.4. The average molecular weight is 208 g/mol. The van der Waals surface area contributed by atoms with Crippen molar-refractivity contribution in [1.29, 1.82) is 0 Å². The van der Waals surface area contributed by atoms with Crippen LogP contribution in [0.15, 0.2) is 10.9 Å². The Bertz CT molecular complexity index is 271. The van der Waals surface area contributed by atoms with Crippen molar-refractivity contribution in [3.8, 4) is 0 Å². The zero-order valence-corrected chi connectivity index (χ0v) is 8.67. The van der Waals surface area contributed by atoms with Crippen molar-refractivity contribution >= 4 is 13.6 Å². The summed E-state index contributed by atoms with van der Waals surface area (Å²) in [6.45, 7) is 4.56. The normalized spacial score (nSPS) is 10.8. The maximum absolute atomic E-state index is 11.1. The van der Waals surface area contributed by atoms with Crippen molar-refractivity contribution in [3.05, 3.63) is 10.9 Å². The summed E-state index contributed by atoms with van der Waals surface area (Å²) in [4.78, 5) is 28.7. The Morgan fingerprint density at radius 1 is 1.38 bits per heavy atom. The molecule has 0 atom stereocenters. The molecule has 0 spiro atoms. The lowest BCUT2D eigenvalue weighted by molar-refractivity contribution is -0.137. The van der Waals surface area contributed by atoms with Crippen LogP contribution in [0.5, 0.6) is 0 Å². The van der Waals surface area contributed by atoms with Gasteiger partial charge in [-0.1, -0.05) is 5.57 Å². The Kier molecular flexibility index (Phi) is 4.33. The first-order valence-electron chi connectivity index (χ1n) is 3.71. The summed E-state index contributed by atoms with van der Waals surface area (Å²) >= 11 is 0. The van der Waals surface area contributed by atoms with E-state index in [9.17, 15) is 9.36 Å². The van der Waals surface area contributed by atoms with E-state index in [2.05, 4.69) is 4.74 Å². The van der Waals surface area contributed by atoms with E-state index in [4.69, 9.17) is 9.79 Å². The van der Waals surface area contributed by atoms with E-state index in [1.807, 2.05) is 0 Å². The smallest absolute Gasteiger partial charge is 0.363 e. The summed E-state index contributed by atoms with van der Waals surface area (Å²) in [6.07, 6.45) is 0. The predicted molar refractivity (Wildman–Crippen MR) is 47.1 cm³/mol. The molecule has 0 aliphatic heterocycles. The van der Waals surface area contributed by atoms with Gasteiger partial charge in [0, 0.05) is 0 Å². The molecule has 0 heterocycles. The number of hydrogen-bond acceptors (Lipinski definition) is 3. The van der Waals surface area contributed by atoms with Gasteiger partial charge < -0.3 is 14.5 Å². The summed E-state index contributed by atoms with van der Waals surface area (Å²) in [7, 11) is -4.51. The molecule has 6 heteroatoms. The summed E-state index contributed by atoms with van der Waals surface area (Å²) in [6, 6.07) is 0. The molecule has 2 N–H and O–H groups in total. The van der Waals surface area contributed by atoms with Crippen molar-refractivity contribution < 1.29 is 23.9 Å². The van der Waals surface area contributed by atoms with E-state index in [-0.39, 0.29) is 12.2 Å². The highest BCUT2D eigenvalue weighted by Crippen LogP contribution is 2.46. The van der Waals surface area contributed by atoms with Gasteiger partial charge in [0.1, 0.15) is 5.31 Å². The van der Waals surface area contributed by atoms with Crippen LogP contribution in [0.3, 0.4) is 0 Å². The molecule has 13 heavy (non-hydrogen) atoms. The Labute approximate surface area is 76.6 Å². The van der Waals surface area contributed by atoms with Gasteiger partial charge in [0.25, 0.3) is 0 Å². The Morgan fingerprint density at radius 2 is 1.85 bits per heavy atom. The third-order valence-corrected chi connectivity index (χ3v) is 2.45. The van der Waals surface area contributed by atoms with Crippen LogP contribution in [0.2, 0.25) is 0 Å². The molecule has 0 saturated carbocycles. The molecule has 0 radical (unpaired) electrons. The van der Waals surface area contributed by atoms with Gasteiger partial charge in [-0.2, -0.15) is 0 Å². The zero-order chi connectivity index (χ0) is 10.6. The van der Waals surface area contributed by atoms with Gasteiger partial charge in [-0.25, -0.2) is 4.79 Å². The van der Waals surface area contributed by atoms with Crippen molar-refractivity contribution in [2.24, 2.45) is 0 Å². The highest BCUT2D eigenvalue weighted by atomic mass is 31.2. The van der Waals surface area contributed by atoms with Gasteiger partial charge in [0.2, 0.25) is 0 Å². The van der Waals surface area contributed by atoms with Crippen LogP contribution >= 0.6 is 7.60 Å². The van der Waals surface area contributed by atoms with Crippen LogP contribution < -0.4 is 0 Å². The summed E-state index contributed by atoms with van der Waals surface area (Å²) in [5, 5.41) is -0.547. The molecule has 0 amide bonds. The minimum Gasteiger partial charge on any atom is -0.462 e. The van der Waals surface area contributed by atoms with Gasteiger partial charge in [-0.15, -0.1) is 0 Å². The van der Waals surface area contributed by atoms with Crippen LogP contribution in [0, 0.1) is 0 Å². The number of hydrogen-bond donors (Lipinski definition) is 2. The van der Waals surface area contributed by atoms with Gasteiger partial charge in [-0.3, -0.25) is 4.57 Å². The fourth-order valence-corrected chi connectivity index (χ4v) is 1.70. The number of ether oxygens (including phenoxy) is 1. The standard InChI is InChI=1S/C7H13O5P/c1-4-12-7(8)6(5(2)3)13(9,10)11/h4H2,1-3H3,(H2,9,10,11). The lowest BCUT2D eigenvalue weighted by Gasteiger charge is -2.09. The Balaban J connectivity index is 4.99. The van der Waals surface area contributed by atoms with E-state index in [1.54, 1.807) is 6.92 Å². The van der Waals surface area contributed by atoms with Gasteiger partial charge in [0.05, 0.1) is 6.61 Å². The minimum atomic E-state index is -4.51. The Morgan fingerprint density at radius 3 is 2.08 bits per heavy atom. The van der Waals surface area contributed by atoms with Crippen molar-refractivity contribution in [2.45, 2.75) is 20.8 Å². The number of carbonyl (C=O) groups is 1. The van der Waals surface area contributed by atoms with Crippen molar-refractivity contribution in [3.63, 3.8) is 0 Å². The van der Waals surface area contributed by atoms with E-state index in [1.165, 1.54) is 13.8 Å². The molecule has 0 aliphatic rings. The predicted octanol–water partition coefficient (Wildman–Crippen LogP) is 1.02. The Hall–Kier alpha value is -0.640. The van der Waals surface area contributed by atoms with E-state index >= 15 is 0 Å². The molecule has 0 aromatic heterocycles. The van der Waals surface area contributed by atoms with E-state index < -0.39 is 18.9 Å². The van der Waals surface area contributed by atoms with Crippen LogP contribution in [-0.4, -0.2) is 22.4 Å².